The molecule has 3 aromatic rings. The van der Waals surface area contributed by atoms with Crippen molar-refractivity contribution in [1.82, 2.24) is 9.88 Å². The third kappa shape index (κ3) is 3.59. The normalized spacial score (nSPS) is 20.6. The number of aryl methyl sites for hydroxylation is 1. The molecule has 1 aliphatic heterocycles. The van der Waals surface area contributed by atoms with Crippen LogP contribution < -0.4 is 0 Å². The van der Waals surface area contributed by atoms with E-state index in [4.69, 9.17) is 0 Å². The van der Waals surface area contributed by atoms with Crippen LogP contribution in [-0.4, -0.2) is 30.0 Å². The van der Waals surface area contributed by atoms with Gasteiger partial charge in [-0.2, -0.15) is 13.2 Å². The van der Waals surface area contributed by atoms with E-state index in [1.54, 1.807) is 29.7 Å². The van der Waals surface area contributed by atoms with E-state index in [0.29, 0.717) is 12.1 Å². The number of halogens is 3. The molecule has 0 N–H and O–H groups in total. The Morgan fingerprint density at radius 2 is 1.82 bits per heavy atom. The van der Waals surface area contributed by atoms with Gasteiger partial charge in [0.25, 0.3) is 0 Å². The van der Waals surface area contributed by atoms with Crippen LogP contribution in [0.25, 0.3) is 11.1 Å². The van der Waals surface area contributed by atoms with Crippen LogP contribution in [0.15, 0.2) is 54.0 Å². The van der Waals surface area contributed by atoms with Crippen LogP contribution in [0.5, 0.6) is 0 Å². The van der Waals surface area contributed by atoms with Gasteiger partial charge in [-0.3, -0.25) is 4.98 Å². The van der Waals surface area contributed by atoms with E-state index in [1.165, 1.54) is 12.1 Å². The number of alkyl halides is 3. The van der Waals surface area contributed by atoms with Crippen LogP contribution in [0.3, 0.4) is 0 Å². The van der Waals surface area contributed by atoms with E-state index in [9.17, 15) is 13.2 Å². The number of hydrogen-bond acceptors (Lipinski definition) is 3. The van der Waals surface area contributed by atoms with Crippen molar-refractivity contribution in [3.8, 4) is 11.1 Å². The molecule has 0 aliphatic carbocycles. The molecule has 2 nitrogen and oxygen atoms in total. The Kier molecular flexibility index (Phi) is 5.02. The third-order valence-electron chi connectivity index (χ3n) is 5.41. The zero-order valence-electron chi connectivity index (χ0n) is 15.7. The van der Waals surface area contributed by atoms with E-state index < -0.39 is 11.7 Å². The van der Waals surface area contributed by atoms with Gasteiger partial charge in [-0.25, -0.2) is 0 Å². The number of likely N-dealkylation sites (N-methyl/N-ethyl adjacent to an activating group) is 1. The Hall–Kier alpha value is -2.18. The number of likely N-dealkylation sites (tertiary alicyclic amines) is 1. The average Bonchev–Trinajstić information content (AvgIpc) is 3.27. The van der Waals surface area contributed by atoms with Crippen LogP contribution in [0.4, 0.5) is 13.2 Å². The second-order valence-electron chi connectivity index (χ2n) is 7.40. The molecule has 1 aromatic carbocycles. The quantitative estimate of drug-likeness (QED) is 0.538. The molecule has 0 radical (unpaired) electrons. The van der Waals surface area contributed by atoms with E-state index >= 15 is 0 Å². The SMILES string of the molecule is Cc1cc(-c2ccsc2[C@H]2CN(C)C[C@@H]2c2ccccc2C(F)(F)F)ccn1. The molecule has 146 valence electrons. The van der Waals surface area contributed by atoms with Crippen molar-refractivity contribution in [1.29, 1.82) is 0 Å². The monoisotopic (exact) mass is 402 g/mol. The summed E-state index contributed by atoms with van der Waals surface area (Å²) in [5.41, 5.74) is 2.98. The van der Waals surface area contributed by atoms with Crippen LogP contribution in [0.1, 0.15) is 33.5 Å². The minimum atomic E-state index is -4.34. The first-order chi connectivity index (χ1) is 13.3. The number of thiophene rings is 1. The lowest BCUT2D eigenvalue weighted by atomic mass is 9.83. The van der Waals surface area contributed by atoms with Gasteiger partial charge in [0.15, 0.2) is 0 Å². The lowest BCUT2D eigenvalue weighted by Gasteiger charge is -2.23. The van der Waals surface area contributed by atoms with Gasteiger partial charge in [0, 0.05) is 41.7 Å². The molecule has 0 bridgehead atoms. The summed E-state index contributed by atoms with van der Waals surface area (Å²) < 4.78 is 40.9. The summed E-state index contributed by atoms with van der Waals surface area (Å²) in [7, 11) is 1.98. The molecule has 3 heterocycles. The summed E-state index contributed by atoms with van der Waals surface area (Å²) in [6.45, 7) is 3.31. The zero-order valence-corrected chi connectivity index (χ0v) is 16.5. The first-order valence-electron chi connectivity index (χ1n) is 9.19. The van der Waals surface area contributed by atoms with Gasteiger partial charge in [-0.1, -0.05) is 18.2 Å². The Morgan fingerprint density at radius 1 is 1.07 bits per heavy atom. The Bertz CT molecular complexity index is 980. The molecule has 1 saturated heterocycles. The molecular weight excluding hydrogens is 381 g/mol. The van der Waals surface area contributed by atoms with Crippen LogP contribution in [0.2, 0.25) is 0 Å². The summed E-state index contributed by atoms with van der Waals surface area (Å²) in [5.74, 6) is -0.167. The second-order valence-corrected chi connectivity index (χ2v) is 8.35. The van der Waals surface area contributed by atoms with Gasteiger partial charge in [0.1, 0.15) is 0 Å². The molecule has 2 aromatic heterocycles. The second kappa shape index (κ2) is 7.33. The maximum absolute atomic E-state index is 13.6. The largest absolute Gasteiger partial charge is 0.416 e. The van der Waals surface area contributed by atoms with Gasteiger partial charge in [-0.15, -0.1) is 11.3 Å². The summed E-state index contributed by atoms with van der Waals surface area (Å²) in [5, 5.41) is 2.03. The molecule has 6 heteroatoms. The van der Waals surface area contributed by atoms with E-state index in [-0.39, 0.29) is 11.8 Å². The zero-order chi connectivity index (χ0) is 19.9. The molecule has 0 spiro atoms. The van der Waals surface area contributed by atoms with Gasteiger partial charge in [0.2, 0.25) is 0 Å². The highest BCUT2D eigenvalue weighted by molar-refractivity contribution is 7.10. The van der Waals surface area contributed by atoms with Crippen molar-refractivity contribution < 1.29 is 13.2 Å². The maximum Gasteiger partial charge on any atom is 0.416 e. The van der Waals surface area contributed by atoms with E-state index in [2.05, 4.69) is 16.0 Å². The summed E-state index contributed by atoms with van der Waals surface area (Å²) >= 11 is 1.63. The highest BCUT2D eigenvalue weighted by Gasteiger charge is 2.41. The van der Waals surface area contributed by atoms with Crippen molar-refractivity contribution in [2.75, 3.05) is 20.1 Å². The molecule has 2 atom stereocenters. The fraction of sp³-hybridized carbons (Fsp3) is 0.318. The summed E-state index contributed by atoms with van der Waals surface area (Å²) in [4.78, 5) is 7.54. The molecule has 4 rings (SSSR count). The van der Waals surface area contributed by atoms with Gasteiger partial charge >= 0.3 is 6.18 Å². The Morgan fingerprint density at radius 3 is 2.57 bits per heavy atom. The van der Waals surface area contributed by atoms with Crippen LogP contribution in [-0.2, 0) is 6.18 Å². The molecule has 1 aliphatic rings. The lowest BCUT2D eigenvalue weighted by Crippen LogP contribution is -2.16. The van der Waals surface area contributed by atoms with E-state index in [0.717, 1.165) is 28.2 Å². The van der Waals surface area contributed by atoms with Gasteiger partial charge in [-0.05, 0) is 60.3 Å². The molecule has 0 amide bonds. The maximum atomic E-state index is 13.6. The number of aromatic nitrogens is 1. The fourth-order valence-electron chi connectivity index (χ4n) is 4.22. The topological polar surface area (TPSA) is 16.1 Å². The molecule has 1 fully saturated rings. The summed E-state index contributed by atoms with van der Waals surface area (Å²) in [6.07, 6.45) is -2.56. The minimum absolute atomic E-state index is 0.0250. The Balaban J connectivity index is 1.79. The number of hydrogen-bond donors (Lipinski definition) is 0. The van der Waals surface area contributed by atoms with Crippen molar-refractivity contribution in [3.05, 3.63) is 75.7 Å². The van der Waals surface area contributed by atoms with Crippen molar-refractivity contribution in [2.45, 2.75) is 24.9 Å². The number of rotatable bonds is 3. The highest BCUT2D eigenvalue weighted by Crippen LogP contribution is 2.47. The number of nitrogens with zero attached hydrogens (tertiary/aromatic N) is 2. The highest BCUT2D eigenvalue weighted by atomic mass is 32.1. The van der Waals surface area contributed by atoms with Crippen molar-refractivity contribution in [2.24, 2.45) is 0 Å². The van der Waals surface area contributed by atoms with Gasteiger partial charge in [0.05, 0.1) is 5.56 Å². The smallest absolute Gasteiger partial charge is 0.305 e. The van der Waals surface area contributed by atoms with Crippen molar-refractivity contribution in [3.63, 3.8) is 0 Å². The summed E-state index contributed by atoms with van der Waals surface area (Å²) in [6, 6.07) is 12.1. The lowest BCUT2D eigenvalue weighted by molar-refractivity contribution is -0.138. The fourth-order valence-corrected chi connectivity index (χ4v) is 5.30. The van der Waals surface area contributed by atoms with Gasteiger partial charge < -0.3 is 4.90 Å². The first-order valence-corrected chi connectivity index (χ1v) is 10.1. The van der Waals surface area contributed by atoms with Crippen LogP contribution >= 0.6 is 11.3 Å². The molecule has 0 saturated carbocycles. The number of pyridine rings is 1. The van der Waals surface area contributed by atoms with E-state index in [1.807, 2.05) is 31.5 Å². The average molecular weight is 402 g/mol. The standard InChI is InChI=1S/C22H21F3N2S/c1-14-11-15(7-9-26-14)16-8-10-28-21(16)19-13-27(2)12-18(19)17-5-3-4-6-20(17)22(23,24)25/h3-11,18-19H,12-13H2,1-2H3/t18-,19+/m1/s1. The molecule has 0 unspecified atom stereocenters. The predicted octanol–water partition coefficient (Wildman–Crippen LogP) is 5.95. The van der Waals surface area contributed by atoms with Crippen molar-refractivity contribution >= 4 is 11.3 Å². The Labute approximate surface area is 166 Å². The number of benzene rings is 1. The first kappa shape index (κ1) is 19.2. The minimum Gasteiger partial charge on any atom is -0.305 e. The molecule has 28 heavy (non-hydrogen) atoms. The third-order valence-corrected chi connectivity index (χ3v) is 6.46. The molecular formula is C22H21F3N2S. The predicted molar refractivity (Wildman–Crippen MR) is 107 cm³/mol. The van der Waals surface area contributed by atoms with Crippen LogP contribution in [0, 0.1) is 6.92 Å².